The number of methoxy groups -OCH3 is 3. The number of likely N-dealkylation sites (N-methyl/N-ethyl adjacent to an activating group) is 1. The molecule has 11 heteroatoms. The number of carbonyl (C=O) groups is 1. The number of fused-ring (bicyclic) bond motifs is 1. The molecule has 2 aromatic heterocycles. The molecule has 2 aromatic carbocycles. The summed E-state index contributed by atoms with van der Waals surface area (Å²) in [5.74, 6) is 8.08. The van der Waals surface area contributed by atoms with E-state index in [1.54, 1.807) is 52.8 Å². The van der Waals surface area contributed by atoms with Gasteiger partial charge in [-0.1, -0.05) is 11.8 Å². The van der Waals surface area contributed by atoms with E-state index in [1.165, 1.54) is 11.2 Å². The van der Waals surface area contributed by atoms with E-state index < -0.39 is 11.5 Å². The summed E-state index contributed by atoms with van der Waals surface area (Å²) in [5.41, 5.74) is 1.45. The molecule has 1 fully saturated rings. The second-order valence-corrected chi connectivity index (χ2v) is 9.18. The number of rotatable bonds is 7. The second kappa shape index (κ2) is 11.0. The fourth-order valence-electron chi connectivity index (χ4n) is 4.40. The number of hydrogen-bond acceptors (Lipinski definition) is 10. The minimum atomic E-state index is -1.70. The number of ether oxygens (including phenoxy) is 3. The number of nitrogens with zero attached hydrogens (tertiary/aromatic N) is 5. The van der Waals surface area contributed by atoms with Crippen molar-refractivity contribution in [2.45, 2.75) is 18.6 Å². The van der Waals surface area contributed by atoms with Crippen LogP contribution in [0.1, 0.15) is 17.5 Å². The van der Waals surface area contributed by atoms with Crippen molar-refractivity contribution in [1.82, 2.24) is 24.8 Å². The zero-order valence-electron chi connectivity index (χ0n) is 22.6. The molecule has 1 amide bonds. The van der Waals surface area contributed by atoms with Crippen molar-refractivity contribution in [2.75, 3.05) is 40.2 Å². The Morgan fingerprint density at radius 1 is 1.05 bits per heavy atom. The van der Waals surface area contributed by atoms with E-state index in [0.29, 0.717) is 64.1 Å². The highest BCUT2D eigenvalue weighted by atomic mass is 16.5. The molecular weight excluding hydrogens is 512 g/mol. The van der Waals surface area contributed by atoms with Crippen LogP contribution in [0, 0.1) is 11.8 Å². The lowest BCUT2D eigenvalue weighted by Gasteiger charge is -2.13. The van der Waals surface area contributed by atoms with Crippen LogP contribution in [0.25, 0.3) is 22.4 Å². The number of aromatic nitrogens is 4. The third kappa shape index (κ3) is 5.17. The molecule has 2 N–H and O–H groups in total. The van der Waals surface area contributed by atoms with Crippen LogP contribution in [0.15, 0.2) is 48.9 Å². The molecule has 0 unspecified atom stereocenters. The molecule has 0 spiro atoms. The minimum Gasteiger partial charge on any atom is -0.497 e. The second-order valence-electron chi connectivity index (χ2n) is 9.18. The van der Waals surface area contributed by atoms with Gasteiger partial charge in [-0.05, 0) is 30.3 Å². The van der Waals surface area contributed by atoms with Crippen molar-refractivity contribution in [2.24, 2.45) is 0 Å². The molecule has 40 heavy (non-hydrogen) atoms. The highest BCUT2D eigenvalue weighted by Crippen LogP contribution is 2.31. The first-order valence-corrected chi connectivity index (χ1v) is 12.5. The topological polar surface area (TPSA) is 132 Å². The summed E-state index contributed by atoms with van der Waals surface area (Å²) in [6.45, 7) is 0.871. The predicted octanol–water partition coefficient (Wildman–Crippen LogP) is 2.67. The molecule has 1 atom stereocenters. The normalized spacial score (nSPS) is 16.4. The third-order valence-corrected chi connectivity index (χ3v) is 6.68. The van der Waals surface area contributed by atoms with Crippen molar-refractivity contribution >= 4 is 22.8 Å². The lowest BCUT2D eigenvalue weighted by Crippen LogP contribution is -2.37. The van der Waals surface area contributed by atoms with Gasteiger partial charge in [0.2, 0.25) is 5.60 Å². The van der Waals surface area contributed by atoms with Gasteiger partial charge in [-0.2, -0.15) is 0 Å². The summed E-state index contributed by atoms with van der Waals surface area (Å²) in [6.07, 6.45) is 3.32. The van der Waals surface area contributed by atoms with Gasteiger partial charge in [-0.15, -0.1) is 0 Å². The fraction of sp³-hybridized carbons (Fsp3) is 0.276. The van der Waals surface area contributed by atoms with Gasteiger partial charge in [-0.25, -0.2) is 19.9 Å². The Kier molecular flexibility index (Phi) is 7.35. The van der Waals surface area contributed by atoms with E-state index in [2.05, 4.69) is 32.1 Å². The van der Waals surface area contributed by atoms with E-state index in [9.17, 15) is 9.90 Å². The van der Waals surface area contributed by atoms with E-state index in [4.69, 9.17) is 19.2 Å². The smallest absolute Gasteiger partial charge is 0.267 e. The number of carbonyl (C=O) groups excluding carboxylic acids is 1. The minimum absolute atomic E-state index is 0.254. The third-order valence-electron chi connectivity index (χ3n) is 6.68. The van der Waals surface area contributed by atoms with Crippen molar-refractivity contribution in [3.63, 3.8) is 0 Å². The standard InChI is InChI=1S/C29H28N6O5/c1-35-12-11-29(37,28(35)36)10-9-18-5-8-23(39-3)21(13-18)26-31-16-22-25(34-26)27(33-17-32-22)30-15-19-6-7-20(38-2)14-24(19)40-4/h5-8,13-14,16-17,37H,11-12,15H2,1-4H3,(H,30,32,33)/t29-/m1/s1. The van der Waals surface area contributed by atoms with Crippen LogP contribution >= 0.6 is 0 Å². The summed E-state index contributed by atoms with van der Waals surface area (Å²) < 4.78 is 16.4. The van der Waals surface area contributed by atoms with Crippen molar-refractivity contribution < 1.29 is 24.1 Å². The molecular formula is C29H28N6O5. The van der Waals surface area contributed by atoms with Gasteiger partial charge >= 0.3 is 0 Å². The lowest BCUT2D eigenvalue weighted by atomic mass is 10.0. The Hall–Kier alpha value is -4.95. The molecule has 4 aromatic rings. The summed E-state index contributed by atoms with van der Waals surface area (Å²) in [6, 6.07) is 10.9. The first kappa shape index (κ1) is 26.6. The van der Waals surface area contributed by atoms with Crippen LogP contribution in [0.4, 0.5) is 5.82 Å². The Morgan fingerprint density at radius 3 is 2.60 bits per heavy atom. The van der Waals surface area contributed by atoms with Crippen LogP contribution in [-0.4, -0.2) is 76.4 Å². The number of aliphatic hydroxyl groups is 1. The molecule has 0 bridgehead atoms. The van der Waals surface area contributed by atoms with E-state index in [0.717, 1.165) is 5.56 Å². The lowest BCUT2D eigenvalue weighted by molar-refractivity contribution is -0.137. The maximum absolute atomic E-state index is 12.3. The molecule has 11 nitrogen and oxygen atoms in total. The van der Waals surface area contributed by atoms with E-state index in [-0.39, 0.29) is 6.42 Å². The molecule has 0 radical (unpaired) electrons. The number of likely N-dealkylation sites (tertiary alicyclic amines) is 1. The number of hydrogen-bond donors (Lipinski definition) is 2. The van der Waals surface area contributed by atoms with Gasteiger partial charge < -0.3 is 29.5 Å². The number of anilines is 1. The van der Waals surface area contributed by atoms with Crippen LogP contribution in [0.2, 0.25) is 0 Å². The highest BCUT2D eigenvalue weighted by molar-refractivity contribution is 5.90. The molecule has 0 aliphatic carbocycles. The van der Waals surface area contributed by atoms with Crippen molar-refractivity contribution in [1.29, 1.82) is 0 Å². The molecule has 1 aliphatic heterocycles. The van der Waals surface area contributed by atoms with Crippen molar-refractivity contribution in [3.05, 3.63) is 60.0 Å². The van der Waals surface area contributed by atoms with Crippen molar-refractivity contribution in [3.8, 4) is 40.5 Å². The van der Waals surface area contributed by atoms with Gasteiger partial charge in [0, 0.05) is 43.8 Å². The van der Waals surface area contributed by atoms with Gasteiger partial charge in [0.1, 0.15) is 34.6 Å². The summed E-state index contributed by atoms with van der Waals surface area (Å²) >= 11 is 0. The Balaban J connectivity index is 1.48. The first-order chi connectivity index (χ1) is 19.3. The quantitative estimate of drug-likeness (QED) is 0.337. The predicted molar refractivity (Wildman–Crippen MR) is 148 cm³/mol. The van der Waals surface area contributed by atoms with Crippen LogP contribution in [0.5, 0.6) is 17.2 Å². The van der Waals surface area contributed by atoms with Crippen LogP contribution in [-0.2, 0) is 11.3 Å². The molecule has 5 rings (SSSR count). The molecule has 0 saturated carbocycles. The summed E-state index contributed by atoms with van der Waals surface area (Å²) in [7, 11) is 6.41. The average Bonchev–Trinajstić information content (AvgIpc) is 3.25. The Bertz CT molecular complexity index is 1650. The van der Waals surface area contributed by atoms with Gasteiger partial charge in [0.15, 0.2) is 11.6 Å². The number of nitrogens with one attached hydrogen (secondary N) is 1. The zero-order valence-corrected chi connectivity index (χ0v) is 22.6. The number of benzene rings is 2. The molecule has 204 valence electrons. The first-order valence-electron chi connectivity index (χ1n) is 12.5. The van der Waals surface area contributed by atoms with Gasteiger partial charge in [0.25, 0.3) is 5.91 Å². The van der Waals surface area contributed by atoms with Crippen LogP contribution in [0.3, 0.4) is 0 Å². The van der Waals surface area contributed by atoms with Crippen LogP contribution < -0.4 is 19.5 Å². The van der Waals surface area contributed by atoms with Gasteiger partial charge in [-0.3, -0.25) is 4.79 Å². The van der Waals surface area contributed by atoms with E-state index in [1.807, 2.05) is 18.2 Å². The van der Waals surface area contributed by atoms with Gasteiger partial charge in [0.05, 0.1) is 33.1 Å². The molecule has 1 saturated heterocycles. The fourth-order valence-corrected chi connectivity index (χ4v) is 4.40. The molecule has 1 aliphatic rings. The average molecular weight is 541 g/mol. The Labute approximate surface area is 231 Å². The maximum Gasteiger partial charge on any atom is 0.267 e. The van der Waals surface area contributed by atoms with E-state index >= 15 is 0 Å². The number of amides is 1. The SMILES string of the molecule is COc1ccc(CNc2ncnc3cnc(-c4cc(C#C[C@@]5(O)CCN(C)C5=O)ccc4OC)nc23)c(OC)c1. The highest BCUT2D eigenvalue weighted by Gasteiger charge is 2.42. The maximum atomic E-state index is 12.3. The largest absolute Gasteiger partial charge is 0.497 e. The zero-order chi connectivity index (χ0) is 28.3. The molecule has 3 heterocycles. The monoisotopic (exact) mass is 540 g/mol. The Morgan fingerprint density at radius 2 is 1.88 bits per heavy atom. The summed E-state index contributed by atoms with van der Waals surface area (Å²) in [5, 5.41) is 14.0. The summed E-state index contributed by atoms with van der Waals surface area (Å²) in [4.78, 5) is 31.8.